The lowest BCUT2D eigenvalue weighted by Crippen LogP contribution is -2.55. The number of amides is 1. The van der Waals surface area contributed by atoms with Crippen LogP contribution in [0.4, 0.5) is 0 Å². The van der Waals surface area contributed by atoms with Gasteiger partial charge in [-0.1, -0.05) is 36.8 Å². The highest BCUT2D eigenvalue weighted by Gasteiger charge is 2.50. The van der Waals surface area contributed by atoms with E-state index in [1.54, 1.807) is 0 Å². The van der Waals surface area contributed by atoms with Gasteiger partial charge in [0, 0.05) is 31.0 Å². The number of benzene rings is 1. The summed E-state index contributed by atoms with van der Waals surface area (Å²) in [7, 11) is -3.21. The molecule has 0 unspecified atom stereocenters. The Labute approximate surface area is 138 Å². The Bertz CT molecular complexity index is 674. The fourth-order valence-electron chi connectivity index (χ4n) is 4.12. The Morgan fingerprint density at radius 1 is 1.26 bits per heavy atom. The number of nitrogens with zero attached hydrogens (tertiary/aromatic N) is 1. The average molecular weight is 336 g/mol. The lowest BCUT2D eigenvalue weighted by atomic mass is 9.74. The van der Waals surface area contributed by atoms with Crippen molar-refractivity contribution >= 4 is 15.9 Å². The Morgan fingerprint density at radius 3 is 2.70 bits per heavy atom. The molecule has 1 aliphatic carbocycles. The van der Waals surface area contributed by atoms with Crippen LogP contribution in [0.15, 0.2) is 30.3 Å². The smallest absolute Gasteiger partial charge is 0.223 e. The maximum absolute atomic E-state index is 12.5. The summed E-state index contributed by atoms with van der Waals surface area (Å²) in [5.74, 6) is 0.190. The number of hydrogen-bond donors (Lipinski definition) is 1. The number of likely N-dealkylation sites (tertiary alicyclic amines) is 1. The first kappa shape index (κ1) is 16.5. The van der Waals surface area contributed by atoms with E-state index in [1.165, 1.54) is 6.26 Å². The van der Waals surface area contributed by atoms with Gasteiger partial charge in [0.25, 0.3) is 0 Å². The van der Waals surface area contributed by atoms with Crippen LogP contribution in [0.2, 0.25) is 0 Å². The minimum Gasteiger partial charge on any atom is -0.335 e. The second kappa shape index (κ2) is 6.24. The molecule has 0 bridgehead atoms. The molecule has 1 saturated heterocycles. The highest BCUT2D eigenvalue weighted by Crippen LogP contribution is 2.48. The monoisotopic (exact) mass is 336 g/mol. The summed E-state index contributed by atoms with van der Waals surface area (Å²) in [6.07, 6.45) is 5.49. The molecule has 5 nitrogen and oxygen atoms in total. The number of carbonyl (C=O) groups excluding carboxylic acids is 1. The molecule has 2 atom stereocenters. The first-order chi connectivity index (χ1) is 10.9. The zero-order valence-electron chi connectivity index (χ0n) is 13.5. The molecule has 1 aliphatic heterocycles. The van der Waals surface area contributed by atoms with Crippen LogP contribution in [0.1, 0.15) is 37.7 Å². The SMILES string of the molecule is CS(=O)(=O)NC[C@@]12CCC[C@H]1N(Cc1ccccc1)C(=O)CC2. The minimum absolute atomic E-state index is 0.105. The molecule has 23 heavy (non-hydrogen) atoms. The summed E-state index contributed by atoms with van der Waals surface area (Å²) >= 11 is 0. The molecule has 3 rings (SSSR count). The van der Waals surface area contributed by atoms with E-state index in [1.807, 2.05) is 35.2 Å². The summed E-state index contributed by atoms with van der Waals surface area (Å²) in [6, 6.07) is 10.1. The van der Waals surface area contributed by atoms with E-state index in [4.69, 9.17) is 0 Å². The maximum Gasteiger partial charge on any atom is 0.223 e. The van der Waals surface area contributed by atoms with Crippen molar-refractivity contribution in [2.45, 2.75) is 44.7 Å². The van der Waals surface area contributed by atoms with Crippen LogP contribution in [0.5, 0.6) is 0 Å². The topological polar surface area (TPSA) is 66.5 Å². The van der Waals surface area contributed by atoms with Crippen LogP contribution in [0.3, 0.4) is 0 Å². The third-order valence-electron chi connectivity index (χ3n) is 5.27. The van der Waals surface area contributed by atoms with Crippen molar-refractivity contribution in [3.8, 4) is 0 Å². The summed E-state index contributed by atoms with van der Waals surface area (Å²) in [4.78, 5) is 14.5. The summed E-state index contributed by atoms with van der Waals surface area (Å²) < 4.78 is 25.7. The summed E-state index contributed by atoms with van der Waals surface area (Å²) in [6.45, 7) is 1.06. The molecule has 1 amide bonds. The van der Waals surface area contributed by atoms with Crippen LogP contribution in [-0.2, 0) is 21.4 Å². The summed E-state index contributed by atoms with van der Waals surface area (Å²) in [5, 5.41) is 0. The number of fused-ring (bicyclic) bond motifs is 1. The molecule has 1 aromatic rings. The minimum atomic E-state index is -3.21. The Morgan fingerprint density at radius 2 is 2.00 bits per heavy atom. The number of carbonyl (C=O) groups is 1. The molecule has 0 aromatic heterocycles. The third kappa shape index (κ3) is 3.58. The van der Waals surface area contributed by atoms with E-state index in [0.29, 0.717) is 19.5 Å². The van der Waals surface area contributed by atoms with Crippen molar-refractivity contribution in [1.82, 2.24) is 9.62 Å². The molecule has 1 aromatic carbocycles. The Hall–Kier alpha value is -1.40. The van der Waals surface area contributed by atoms with Crippen molar-refractivity contribution in [2.24, 2.45) is 5.41 Å². The van der Waals surface area contributed by atoms with E-state index < -0.39 is 10.0 Å². The van der Waals surface area contributed by atoms with Gasteiger partial charge < -0.3 is 4.90 Å². The number of piperidine rings is 1. The lowest BCUT2D eigenvalue weighted by molar-refractivity contribution is -0.142. The predicted octanol–water partition coefficient (Wildman–Crippen LogP) is 1.90. The van der Waals surface area contributed by atoms with Crippen molar-refractivity contribution in [1.29, 1.82) is 0 Å². The molecule has 1 saturated carbocycles. The number of rotatable bonds is 5. The van der Waals surface area contributed by atoms with Crippen molar-refractivity contribution in [2.75, 3.05) is 12.8 Å². The molecular weight excluding hydrogens is 312 g/mol. The van der Waals surface area contributed by atoms with Gasteiger partial charge in [-0.15, -0.1) is 0 Å². The molecule has 0 spiro atoms. The number of sulfonamides is 1. The quantitative estimate of drug-likeness (QED) is 0.893. The van der Waals surface area contributed by atoms with E-state index in [9.17, 15) is 13.2 Å². The van der Waals surface area contributed by atoms with Crippen LogP contribution < -0.4 is 4.72 Å². The largest absolute Gasteiger partial charge is 0.335 e. The first-order valence-electron chi connectivity index (χ1n) is 8.18. The van der Waals surface area contributed by atoms with Crippen molar-refractivity contribution in [3.63, 3.8) is 0 Å². The molecule has 0 radical (unpaired) electrons. The van der Waals surface area contributed by atoms with E-state index in [-0.39, 0.29) is 17.4 Å². The van der Waals surface area contributed by atoms with Crippen LogP contribution in [0, 0.1) is 5.41 Å². The van der Waals surface area contributed by atoms with Crippen molar-refractivity contribution in [3.05, 3.63) is 35.9 Å². The van der Waals surface area contributed by atoms with Gasteiger partial charge in [0.15, 0.2) is 0 Å². The molecule has 2 fully saturated rings. The molecule has 126 valence electrons. The third-order valence-corrected chi connectivity index (χ3v) is 5.94. The number of hydrogen-bond acceptors (Lipinski definition) is 3. The standard InChI is InChI=1S/C17H24N2O3S/c1-23(21,22)18-13-17-10-5-8-15(17)19(16(20)9-11-17)12-14-6-3-2-4-7-14/h2-4,6-7,15,18H,5,8-13H2,1H3/t15-,17+/m1/s1. The van der Waals surface area contributed by atoms with Crippen molar-refractivity contribution < 1.29 is 13.2 Å². The fraction of sp³-hybridized carbons (Fsp3) is 0.588. The van der Waals surface area contributed by atoms with Gasteiger partial charge in [-0.05, 0) is 24.8 Å². The van der Waals surface area contributed by atoms with Gasteiger partial charge in [-0.25, -0.2) is 13.1 Å². The molecule has 2 aliphatic rings. The Kier molecular flexibility index (Phi) is 4.47. The van der Waals surface area contributed by atoms with Crippen LogP contribution >= 0.6 is 0 Å². The second-order valence-electron chi connectivity index (χ2n) is 6.87. The van der Waals surface area contributed by atoms with E-state index in [2.05, 4.69) is 4.72 Å². The van der Waals surface area contributed by atoms with E-state index >= 15 is 0 Å². The second-order valence-corrected chi connectivity index (χ2v) is 8.70. The van der Waals surface area contributed by atoms with Gasteiger partial charge in [-0.3, -0.25) is 4.79 Å². The average Bonchev–Trinajstić information content (AvgIpc) is 2.94. The first-order valence-corrected chi connectivity index (χ1v) is 10.1. The molecule has 1 heterocycles. The highest BCUT2D eigenvalue weighted by molar-refractivity contribution is 7.88. The summed E-state index contributed by atoms with van der Waals surface area (Å²) in [5.41, 5.74) is 1.02. The zero-order valence-corrected chi connectivity index (χ0v) is 14.3. The molecule has 1 N–H and O–H groups in total. The Balaban J connectivity index is 1.81. The lowest BCUT2D eigenvalue weighted by Gasteiger charge is -2.46. The van der Waals surface area contributed by atoms with Gasteiger partial charge in [-0.2, -0.15) is 0 Å². The van der Waals surface area contributed by atoms with Crippen LogP contribution in [0.25, 0.3) is 0 Å². The molecular formula is C17H24N2O3S. The normalized spacial score (nSPS) is 28.0. The number of nitrogens with one attached hydrogen (secondary N) is 1. The van der Waals surface area contributed by atoms with E-state index in [0.717, 1.165) is 31.2 Å². The van der Waals surface area contributed by atoms with Gasteiger partial charge in [0.05, 0.1) is 6.26 Å². The fourth-order valence-corrected chi connectivity index (χ4v) is 4.67. The maximum atomic E-state index is 12.5. The zero-order chi connectivity index (χ0) is 16.5. The predicted molar refractivity (Wildman–Crippen MR) is 89.1 cm³/mol. The van der Waals surface area contributed by atoms with Crippen LogP contribution in [-0.4, -0.2) is 38.1 Å². The van der Waals surface area contributed by atoms with Gasteiger partial charge in [0.1, 0.15) is 0 Å². The molecule has 6 heteroatoms. The van der Waals surface area contributed by atoms with Gasteiger partial charge >= 0.3 is 0 Å². The van der Waals surface area contributed by atoms with Gasteiger partial charge in [0.2, 0.25) is 15.9 Å². The highest BCUT2D eigenvalue weighted by atomic mass is 32.2.